The molecular weight excluding hydrogens is 334 g/mol. The molecule has 0 amide bonds. The molecule has 0 saturated heterocycles. The predicted octanol–water partition coefficient (Wildman–Crippen LogP) is 3.83. The number of hydrogen-bond donors (Lipinski definition) is 1. The summed E-state index contributed by atoms with van der Waals surface area (Å²) in [5.41, 5.74) is 6.56. The van der Waals surface area contributed by atoms with Gasteiger partial charge in [-0.05, 0) is 52.3 Å². The third-order valence-electron chi connectivity index (χ3n) is 3.23. The van der Waals surface area contributed by atoms with Crippen LogP contribution in [0.15, 0.2) is 22.7 Å². The van der Waals surface area contributed by atoms with E-state index in [0.717, 1.165) is 15.8 Å². The van der Waals surface area contributed by atoms with Crippen LogP contribution in [0.3, 0.4) is 0 Å². The van der Waals surface area contributed by atoms with E-state index in [2.05, 4.69) is 15.9 Å². The van der Waals surface area contributed by atoms with E-state index in [-0.39, 0.29) is 12.0 Å². The van der Waals surface area contributed by atoms with Crippen LogP contribution >= 0.6 is 15.9 Å². The zero-order valence-corrected chi connectivity index (χ0v) is 14.7. The van der Waals surface area contributed by atoms with Crippen molar-refractivity contribution in [3.8, 4) is 5.75 Å². The van der Waals surface area contributed by atoms with Gasteiger partial charge in [0.05, 0.1) is 18.6 Å². The van der Waals surface area contributed by atoms with E-state index >= 15 is 0 Å². The summed E-state index contributed by atoms with van der Waals surface area (Å²) in [6.45, 7) is 8.38. The first-order valence-corrected chi connectivity index (χ1v) is 7.96. The summed E-state index contributed by atoms with van der Waals surface area (Å²) in [5, 5.41) is 0. The minimum Gasteiger partial charge on any atom is -0.494 e. The molecule has 1 rings (SSSR count). The molecule has 1 aromatic carbocycles. The van der Waals surface area contributed by atoms with Crippen molar-refractivity contribution in [2.24, 2.45) is 11.1 Å². The average molecular weight is 358 g/mol. The van der Waals surface area contributed by atoms with Crippen LogP contribution in [0.1, 0.15) is 45.7 Å². The topological polar surface area (TPSA) is 61.5 Å². The first-order chi connectivity index (χ1) is 9.81. The highest BCUT2D eigenvalue weighted by Crippen LogP contribution is 2.35. The molecule has 0 aliphatic rings. The van der Waals surface area contributed by atoms with Gasteiger partial charge in [0.15, 0.2) is 0 Å². The molecule has 0 saturated carbocycles. The second-order valence-electron chi connectivity index (χ2n) is 5.53. The molecule has 118 valence electrons. The van der Waals surface area contributed by atoms with Gasteiger partial charge in [0.25, 0.3) is 0 Å². The summed E-state index contributed by atoms with van der Waals surface area (Å²) in [7, 11) is 0. The number of hydrogen-bond acceptors (Lipinski definition) is 4. The van der Waals surface area contributed by atoms with Gasteiger partial charge in [0.2, 0.25) is 0 Å². The van der Waals surface area contributed by atoms with Gasteiger partial charge >= 0.3 is 5.97 Å². The Morgan fingerprint density at radius 2 is 2.00 bits per heavy atom. The minimum absolute atomic E-state index is 0.228. The van der Waals surface area contributed by atoms with Gasteiger partial charge in [0.1, 0.15) is 5.75 Å². The third-order valence-corrected chi connectivity index (χ3v) is 3.72. The van der Waals surface area contributed by atoms with Gasteiger partial charge in [-0.3, -0.25) is 4.79 Å². The number of carbonyl (C=O) groups is 1. The van der Waals surface area contributed by atoms with E-state index in [1.54, 1.807) is 6.92 Å². The lowest BCUT2D eigenvalue weighted by molar-refractivity contribution is -0.154. The molecule has 21 heavy (non-hydrogen) atoms. The Kier molecular flexibility index (Phi) is 6.68. The molecule has 2 N–H and O–H groups in total. The van der Waals surface area contributed by atoms with E-state index in [0.29, 0.717) is 19.6 Å². The highest BCUT2D eigenvalue weighted by molar-refractivity contribution is 9.10. The van der Waals surface area contributed by atoms with E-state index < -0.39 is 5.41 Å². The van der Waals surface area contributed by atoms with E-state index in [1.807, 2.05) is 39.0 Å². The first kappa shape index (κ1) is 18.0. The fourth-order valence-corrected chi connectivity index (χ4v) is 2.54. The molecule has 0 radical (unpaired) electrons. The van der Waals surface area contributed by atoms with Gasteiger partial charge in [-0.15, -0.1) is 0 Å². The average Bonchev–Trinajstić information content (AvgIpc) is 2.40. The van der Waals surface area contributed by atoms with Crippen LogP contribution in [0.4, 0.5) is 0 Å². The summed E-state index contributed by atoms with van der Waals surface area (Å²) in [6, 6.07) is 5.44. The maximum absolute atomic E-state index is 12.0. The normalized spacial score (nSPS) is 12.9. The zero-order valence-electron chi connectivity index (χ0n) is 13.1. The van der Waals surface area contributed by atoms with Crippen molar-refractivity contribution in [1.82, 2.24) is 0 Å². The van der Waals surface area contributed by atoms with Crippen LogP contribution < -0.4 is 10.5 Å². The fraction of sp³-hybridized carbons (Fsp3) is 0.562. The molecule has 0 aliphatic heterocycles. The van der Waals surface area contributed by atoms with Gasteiger partial charge in [-0.25, -0.2) is 0 Å². The Labute approximate surface area is 135 Å². The number of carbonyl (C=O) groups excluding carboxylic acids is 1. The van der Waals surface area contributed by atoms with Crippen molar-refractivity contribution < 1.29 is 14.3 Å². The monoisotopic (exact) mass is 357 g/mol. The molecule has 4 nitrogen and oxygen atoms in total. The lowest BCUT2D eigenvalue weighted by atomic mass is 9.83. The maximum Gasteiger partial charge on any atom is 0.311 e. The van der Waals surface area contributed by atoms with Crippen LogP contribution in [0.25, 0.3) is 0 Å². The summed E-state index contributed by atoms with van der Waals surface area (Å²) < 4.78 is 11.7. The Hall–Kier alpha value is -1.07. The predicted molar refractivity (Wildman–Crippen MR) is 87.3 cm³/mol. The number of rotatable bonds is 7. The smallest absolute Gasteiger partial charge is 0.311 e. The summed E-state index contributed by atoms with van der Waals surface area (Å²) >= 11 is 3.45. The van der Waals surface area contributed by atoms with Gasteiger partial charge in [-0.2, -0.15) is 0 Å². The highest BCUT2D eigenvalue weighted by Gasteiger charge is 2.32. The Balaban J connectivity index is 2.95. The number of halogens is 1. The van der Waals surface area contributed by atoms with Gasteiger partial charge in [0, 0.05) is 16.1 Å². The lowest BCUT2D eigenvalue weighted by Gasteiger charge is -2.27. The van der Waals surface area contributed by atoms with Crippen molar-refractivity contribution in [2.75, 3.05) is 13.2 Å². The SMILES string of the molecule is CCOC(=O)C(C)(C)CC(N)c1cc(Br)ccc1OCC. The van der Waals surface area contributed by atoms with Crippen LogP contribution in [0.5, 0.6) is 5.75 Å². The Bertz CT molecular complexity index is 488. The first-order valence-electron chi connectivity index (χ1n) is 7.16. The van der Waals surface area contributed by atoms with E-state index in [4.69, 9.17) is 15.2 Å². The van der Waals surface area contributed by atoms with Crippen molar-refractivity contribution in [3.05, 3.63) is 28.2 Å². The maximum atomic E-state index is 12.0. The summed E-state index contributed by atoms with van der Waals surface area (Å²) in [6.07, 6.45) is 0.488. The second-order valence-corrected chi connectivity index (χ2v) is 6.45. The van der Waals surface area contributed by atoms with Gasteiger partial charge < -0.3 is 15.2 Å². The molecule has 0 aromatic heterocycles. The van der Waals surface area contributed by atoms with Crippen molar-refractivity contribution in [3.63, 3.8) is 0 Å². The van der Waals surface area contributed by atoms with E-state index in [1.165, 1.54) is 0 Å². The Morgan fingerprint density at radius 1 is 1.33 bits per heavy atom. The van der Waals surface area contributed by atoms with Crippen molar-refractivity contribution in [2.45, 2.75) is 40.2 Å². The van der Waals surface area contributed by atoms with Crippen LogP contribution in [-0.4, -0.2) is 19.2 Å². The highest BCUT2D eigenvalue weighted by atomic mass is 79.9. The molecular formula is C16H24BrNO3. The summed E-state index contributed by atoms with van der Waals surface area (Å²) in [4.78, 5) is 12.0. The number of nitrogens with two attached hydrogens (primary N) is 1. The zero-order chi connectivity index (χ0) is 16.0. The molecule has 0 bridgehead atoms. The van der Waals surface area contributed by atoms with Gasteiger partial charge in [-0.1, -0.05) is 15.9 Å². The standard InChI is InChI=1S/C16H24BrNO3/c1-5-20-14-8-7-11(17)9-12(14)13(18)10-16(3,4)15(19)21-6-2/h7-9,13H,5-6,10,18H2,1-4H3. The lowest BCUT2D eigenvalue weighted by Crippen LogP contribution is -2.31. The van der Waals surface area contributed by atoms with Crippen molar-refractivity contribution in [1.29, 1.82) is 0 Å². The molecule has 0 aliphatic carbocycles. The summed E-state index contributed by atoms with van der Waals surface area (Å²) in [5.74, 6) is 0.529. The quantitative estimate of drug-likeness (QED) is 0.753. The number of ether oxygens (including phenoxy) is 2. The largest absolute Gasteiger partial charge is 0.494 e. The van der Waals surface area contributed by atoms with Crippen LogP contribution in [0, 0.1) is 5.41 Å². The minimum atomic E-state index is -0.638. The molecule has 5 heteroatoms. The molecule has 0 heterocycles. The molecule has 1 aromatic rings. The van der Waals surface area contributed by atoms with Crippen LogP contribution in [-0.2, 0) is 9.53 Å². The fourth-order valence-electron chi connectivity index (χ4n) is 2.17. The molecule has 1 atom stereocenters. The molecule has 0 fully saturated rings. The molecule has 1 unspecified atom stereocenters. The van der Waals surface area contributed by atoms with Crippen LogP contribution in [0.2, 0.25) is 0 Å². The number of benzene rings is 1. The van der Waals surface area contributed by atoms with E-state index in [9.17, 15) is 4.79 Å². The molecule has 0 spiro atoms. The number of esters is 1. The Morgan fingerprint density at radius 3 is 2.57 bits per heavy atom. The third kappa shape index (κ3) is 5.00. The second kappa shape index (κ2) is 7.80. The van der Waals surface area contributed by atoms with Crippen molar-refractivity contribution >= 4 is 21.9 Å².